The Morgan fingerprint density at radius 1 is 1.11 bits per heavy atom. The number of nitrogens with one attached hydrogen (secondary N) is 1. The molecule has 0 spiro atoms. The van der Waals surface area contributed by atoms with Gasteiger partial charge in [-0.25, -0.2) is 0 Å². The Hall–Kier alpha value is -3.22. The van der Waals surface area contributed by atoms with E-state index in [0.717, 1.165) is 61.2 Å². The molecular formula is C27H31Cl2N5O3. The van der Waals surface area contributed by atoms with E-state index in [-0.39, 0.29) is 24.8 Å². The zero-order valence-electron chi connectivity index (χ0n) is 20.9. The number of piperazine rings is 1. The minimum Gasteiger partial charge on any atom is -0.493 e. The lowest BCUT2D eigenvalue weighted by atomic mass is 10.1. The Morgan fingerprint density at radius 2 is 1.92 bits per heavy atom. The summed E-state index contributed by atoms with van der Waals surface area (Å²) in [7, 11) is 3.79. The van der Waals surface area contributed by atoms with Gasteiger partial charge < -0.3 is 29.0 Å². The van der Waals surface area contributed by atoms with Gasteiger partial charge in [0.2, 0.25) is 0 Å². The van der Waals surface area contributed by atoms with E-state index >= 15 is 0 Å². The molecule has 0 bridgehead atoms. The van der Waals surface area contributed by atoms with Crippen molar-refractivity contribution in [1.82, 2.24) is 14.8 Å². The molecule has 0 saturated carbocycles. The molecule has 2 aromatic carbocycles. The molecule has 1 aliphatic rings. The number of ether oxygens (including phenoxy) is 2. The van der Waals surface area contributed by atoms with Gasteiger partial charge in [-0.2, -0.15) is 5.26 Å². The van der Waals surface area contributed by atoms with E-state index in [4.69, 9.17) is 13.9 Å². The van der Waals surface area contributed by atoms with E-state index in [9.17, 15) is 5.26 Å². The van der Waals surface area contributed by atoms with Gasteiger partial charge in [-0.05, 0) is 31.7 Å². The van der Waals surface area contributed by atoms with Crippen LogP contribution >= 0.6 is 24.8 Å². The lowest BCUT2D eigenvalue weighted by molar-refractivity contribution is 0.145. The van der Waals surface area contributed by atoms with Crippen LogP contribution in [0.5, 0.6) is 11.5 Å². The molecule has 1 aliphatic heterocycles. The first-order valence-electron chi connectivity index (χ1n) is 11.8. The molecule has 196 valence electrons. The number of rotatable bonds is 8. The van der Waals surface area contributed by atoms with E-state index in [2.05, 4.69) is 33.2 Å². The van der Waals surface area contributed by atoms with Gasteiger partial charge in [0.1, 0.15) is 6.07 Å². The van der Waals surface area contributed by atoms with Gasteiger partial charge in [-0.15, -0.1) is 24.8 Å². The summed E-state index contributed by atoms with van der Waals surface area (Å²) in [5.74, 6) is 1.25. The van der Waals surface area contributed by atoms with Gasteiger partial charge in [-0.1, -0.05) is 12.1 Å². The Labute approximate surface area is 229 Å². The number of para-hydroxylation sites is 1. The number of methoxy groups -OCH3 is 1. The topological polar surface area (TPSA) is 86.8 Å². The standard InChI is InChI=1S/C27H29N5O3.2ClH/c1-31-9-11-32(12-10-31)8-4-13-34-25-16-23-21(15-24(25)33-2)26(20(17-28)18-29-23)30-22-6-3-5-19-7-14-35-27(19)22;;/h3,5-7,14-16,18H,4,8-13H2,1-2H3,(H,29,30);2*1H. The molecule has 10 heteroatoms. The molecule has 2 aromatic heterocycles. The Morgan fingerprint density at radius 3 is 2.68 bits per heavy atom. The van der Waals surface area contributed by atoms with E-state index in [1.807, 2.05) is 36.4 Å². The van der Waals surface area contributed by atoms with Gasteiger partial charge in [0.15, 0.2) is 17.1 Å². The van der Waals surface area contributed by atoms with E-state index in [0.29, 0.717) is 34.9 Å². The smallest absolute Gasteiger partial charge is 0.163 e. The molecular weight excluding hydrogens is 513 g/mol. The number of halogens is 2. The van der Waals surface area contributed by atoms with Gasteiger partial charge in [0, 0.05) is 55.8 Å². The van der Waals surface area contributed by atoms with Crippen LogP contribution in [0.15, 0.2) is 53.3 Å². The first kappa shape index (κ1) is 28.4. The van der Waals surface area contributed by atoms with Crippen LogP contribution in [0, 0.1) is 11.3 Å². The highest BCUT2D eigenvalue weighted by molar-refractivity contribution is 6.00. The van der Waals surface area contributed by atoms with Crippen LogP contribution in [0.4, 0.5) is 11.4 Å². The summed E-state index contributed by atoms with van der Waals surface area (Å²) < 4.78 is 17.4. The summed E-state index contributed by atoms with van der Waals surface area (Å²) in [5.41, 5.74) is 3.31. The van der Waals surface area contributed by atoms with E-state index < -0.39 is 0 Å². The number of aromatic nitrogens is 1. The second-order valence-corrected chi connectivity index (χ2v) is 8.80. The van der Waals surface area contributed by atoms with Crippen molar-refractivity contribution in [2.45, 2.75) is 6.42 Å². The summed E-state index contributed by atoms with van der Waals surface area (Å²) in [5, 5.41) is 14.9. The van der Waals surface area contributed by atoms with E-state index in [1.54, 1.807) is 19.6 Å². The van der Waals surface area contributed by atoms with Gasteiger partial charge in [0.05, 0.1) is 42.4 Å². The number of furan rings is 1. The Kier molecular flexibility index (Phi) is 9.84. The number of anilines is 2. The van der Waals surface area contributed by atoms with Crippen molar-refractivity contribution < 1.29 is 13.9 Å². The van der Waals surface area contributed by atoms with Crippen molar-refractivity contribution in [3.05, 3.63) is 54.4 Å². The highest BCUT2D eigenvalue weighted by Gasteiger charge is 2.17. The molecule has 37 heavy (non-hydrogen) atoms. The van der Waals surface area contributed by atoms with Crippen LogP contribution in [0.3, 0.4) is 0 Å². The van der Waals surface area contributed by atoms with Crippen LogP contribution in [0.25, 0.3) is 21.9 Å². The van der Waals surface area contributed by atoms with Crippen molar-refractivity contribution in [3.63, 3.8) is 0 Å². The normalized spacial score (nSPS) is 14.0. The zero-order chi connectivity index (χ0) is 24.2. The minimum absolute atomic E-state index is 0. The fraction of sp³-hybridized carbons (Fsp3) is 0.333. The molecule has 0 amide bonds. The van der Waals surface area contributed by atoms with Gasteiger partial charge >= 0.3 is 0 Å². The molecule has 3 heterocycles. The summed E-state index contributed by atoms with van der Waals surface area (Å²) >= 11 is 0. The fourth-order valence-corrected chi connectivity index (χ4v) is 4.46. The maximum atomic E-state index is 9.76. The fourth-order valence-electron chi connectivity index (χ4n) is 4.46. The van der Waals surface area contributed by atoms with Crippen LogP contribution in [0.1, 0.15) is 12.0 Å². The molecule has 0 aliphatic carbocycles. The molecule has 1 saturated heterocycles. The number of hydrogen-bond acceptors (Lipinski definition) is 8. The Balaban J connectivity index is 0.00000190. The van der Waals surface area contributed by atoms with Crippen LogP contribution in [0.2, 0.25) is 0 Å². The molecule has 8 nitrogen and oxygen atoms in total. The second-order valence-electron chi connectivity index (χ2n) is 8.80. The molecule has 5 rings (SSSR count). The quantitative estimate of drug-likeness (QED) is 0.293. The van der Waals surface area contributed by atoms with Gasteiger partial charge in [0.25, 0.3) is 0 Å². The average molecular weight is 544 g/mol. The van der Waals surface area contributed by atoms with Crippen molar-refractivity contribution in [1.29, 1.82) is 5.26 Å². The number of hydrogen-bond donors (Lipinski definition) is 1. The number of pyridine rings is 1. The second kappa shape index (κ2) is 12.8. The molecule has 1 N–H and O–H groups in total. The summed E-state index contributed by atoms with van der Waals surface area (Å²) in [6.45, 7) is 6.03. The molecule has 0 radical (unpaired) electrons. The molecule has 0 atom stereocenters. The number of likely N-dealkylation sites (N-methyl/N-ethyl adjacent to an activating group) is 1. The van der Waals surface area contributed by atoms with Crippen molar-refractivity contribution in [2.24, 2.45) is 0 Å². The maximum Gasteiger partial charge on any atom is 0.163 e. The summed E-state index contributed by atoms with van der Waals surface area (Å²) in [6.07, 6.45) is 4.17. The van der Waals surface area contributed by atoms with Crippen LogP contribution in [-0.2, 0) is 0 Å². The maximum absolute atomic E-state index is 9.76. The summed E-state index contributed by atoms with van der Waals surface area (Å²) in [6, 6.07) is 13.8. The SMILES string of the molecule is COc1cc2c(Nc3cccc4ccoc34)c(C#N)cnc2cc1OCCCN1CCN(C)CC1.Cl.Cl. The average Bonchev–Trinajstić information content (AvgIpc) is 3.37. The lowest BCUT2D eigenvalue weighted by Crippen LogP contribution is -2.44. The zero-order valence-corrected chi connectivity index (χ0v) is 22.5. The molecule has 1 fully saturated rings. The minimum atomic E-state index is 0. The van der Waals surface area contributed by atoms with Crippen LogP contribution in [-0.4, -0.2) is 68.3 Å². The third-order valence-corrected chi connectivity index (χ3v) is 6.48. The highest BCUT2D eigenvalue weighted by atomic mass is 35.5. The van der Waals surface area contributed by atoms with Crippen molar-refractivity contribution >= 4 is 58.1 Å². The third kappa shape index (κ3) is 6.20. The van der Waals surface area contributed by atoms with Gasteiger partial charge in [-0.3, -0.25) is 4.98 Å². The monoisotopic (exact) mass is 543 g/mol. The molecule has 0 unspecified atom stereocenters. The third-order valence-electron chi connectivity index (χ3n) is 6.48. The number of benzene rings is 2. The number of fused-ring (bicyclic) bond motifs is 2. The largest absolute Gasteiger partial charge is 0.493 e. The predicted molar refractivity (Wildman–Crippen MR) is 151 cm³/mol. The summed E-state index contributed by atoms with van der Waals surface area (Å²) in [4.78, 5) is 9.35. The first-order valence-corrected chi connectivity index (χ1v) is 11.8. The Bertz CT molecular complexity index is 1380. The predicted octanol–water partition coefficient (Wildman–Crippen LogP) is 5.46. The van der Waals surface area contributed by atoms with Crippen molar-refractivity contribution in [2.75, 3.05) is 58.8 Å². The van der Waals surface area contributed by atoms with Crippen molar-refractivity contribution in [3.8, 4) is 17.6 Å². The number of nitriles is 1. The first-order chi connectivity index (χ1) is 17.2. The molecule has 4 aromatic rings. The highest BCUT2D eigenvalue weighted by Crippen LogP contribution is 2.38. The van der Waals surface area contributed by atoms with E-state index in [1.165, 1.54) is 0 Å². The lowest BCUT2D eigenvalue weighted by Gasteiger charge is -2.32. The van der Waals surface area contributed by atoms with Crippen LogP contribution < -0.4 is 14.8 Å². The number of nitrogens with zero attached hydrogens (tertiary/aromatic N) is 4.